The van der Waals surface area contributed by atoms with E-state index in [1.807, 2.05) is 0 Å². The molecule has 2 aromatic rings. The summed E-state index contributed by atoms with van der Waals surface area (Å²) in [7, 11) is -4.09. The summed E-state index contributed by atoms with van der Waals surface area (Å²) in [6, 6.07) is 5.64. The monoisotopic (exact) mass is 328 g/mol. The van der Waals surface area contributed by atoms with E-state index < -0.39 is 26.3 Å². The molecule has 0 saturated heterocycles. The zero-order chi connectivity index (χ0) is 15.4. The minimum absolute atomic E-state index is 0.0920. The van der Waals surface area contributed by atoms with E-state index in [1.165, 1.54) is 12.1 Å². The number of benzene rings is 2. The predicted octanol–water partition coefficient (Wildman–Crippen LogP) is 3.28. The molecule has 21 heavy (non-hydrogen) atoms. The number of halogens is 2. The number of para-hydroxylation sites is 1. The molecule has 0 atom stereocenters. The van der Waals surface area contributed by atoms with Crippen molar-refractivity contribution in [3.8, 4) is 0 Å². The number of nitro groups is 1. The highest BCUT2D eigenvalue weighted by Gasteiger charge is 2.36. The average molecular weight is 329 g/mol. The van der Waals surface area contributed by atoms with Crippen LogP contribution in [0, 0.1) is 15.9 Å². The Hall–Kier alpha value is -2.19. The Kier molecular flexibility index (Phi) is 2.89. The number of sulfone groups is 1. The average Bonchev–Trinajstić information content (AvgIpc) is 2.40. The van der Waals surface area contributed by atoms with Gasteiger partial charge in [0.25, 0.3) is 5.69 Å². The molecular formula is C12H6ClFN2O4S. The molecule has 0 saturated carbocycles. The second-order valence-corrected chi connectivity index (χ2v) is 6.62. The van der Waals surface area contributed by atoms with Crippen molar-refractivity contribution in [2.45, 2.75) is 9.79 Å². The van der Waals surface area contributed by atoms with E-state index in [4.69, 9.17) is 11.6 Å². The molecule has 0 unspecified atom stereocenters. The molecule has 0 aliphatic carbocycles. The minimum Gasteiger partial charge on any atom is -0.345 e. The largest absolute Gasteiger partial charge is 0.345 e. The van der Waals surface area contributed by atoms with Crippen LogP contribution < -0.4 is 5.32 Å². The molecule has 1 aliphatic rings. The van der Waals surface area contributed by atoms with Crippen LogP contribution in [-0.2, 0) is 9.84 Å². The van der Waals surface area contributed by atoms with Crippen molar-refractivity contribution < 1.29 is 17.7 Å². The third-order valence-electron chi connectivity index (χ3n) is 3.05. The van der Waals surface area contributed by atoms with Gasteiger partial charge in [0.2, 0.25) is 9.84 Å². The van der Waals surface area contributed by atoms with Crippen LogP contribution in [0.4, 0.5) is 21.5 Å². The lowest BCUT2D eigenvalue weighted by Gasteiger charge is -2.21. The maximum atomic E-state index is 13.8. The van der Waals surface area contributed by atoms with Gasteiger partial charge in [-0.3, -0.25) is 10.1 Å². The number of anilines is 2. The van der Waals surface area contributed by atoms with Crippen LogP contribution in [0.1, 0.15) is 0 Å². The van der Waals surface area contributed by atoms with Crippen molar-refractivity contribution in [2.24, 2.45) is 0 Å². The van der Waals surface area contributed by atoms with E-state index in [0.717, 1.165) is 18.2 Å². The van der Waals surface area contributed by atoms with Crippen molar-refractivity contribution in [1.82, 2.24) is 0 Å². The van der Waals surface area contributed by atoms with E-state index in [-0.39, 0.29) is 26.2 Å². The second kappa shape index (κ2) is 4.40. The van der Waals surface area contributed by atoms with Gasteiger partial charge in [-0.2, -0.15) is 0 Å². The van der Waals surface area contributed by atoms with Crippen LogP contribution in [0.25, 0.3) is 0 Å². The highest BCUT2D eigenvalue weighted by Crippen LogP contribution is 2.45. The topological polar surface area (TPSA) is 89.3 Å². The molecule has 1 aliphatic heterocycles. The molecule has 0 fully saturated rings. The lowest BCUT2D eigenvalue weighted by Crippen LogP contribution is -2.16. The molecule has 0 bridgehead atoms. The van der Waals surface area contributed by atoms with Crippen molar-refractivity contribution in [3.63, 3.8) is 0 Å². The number of nitrogens with one attached hydrogen (secondary N) is 1. The first-order chi connectivity index (χ1) is 9.82. The summed E-state index contributed by atoms with van der Waals surface area (Å²) >= 11 is 5.74. The van der Waals surface area contributed by atoms with E-state index >= 15 is 0 Å². The molecular weight excluding hydrogens is 323 g/mol. The summed E-state index contributed by atoms with van der Waals surface area (Å²) in [6.45, 7) is 0. The number of nitro benzene ring substituents is 1. The molecule has 2 aromatic carbocycles. The molecule has 0 spiro atoms. The van der Waals surface area contributed by atoms with Crippen LogP contribution in [-0.4, -0.2) is 13.3 Å². The smallest absolute Gasteiger partial charge is 0.295 e. The lowest BCUT2D eigenvalue weighted by molar-refractivity contribution is -0.384. The Morgan fingerprint density at radius 2 is 1.90 bits per heavy atom. The summed E-state index contributed by atoms with van der Waals surface area (Å²) in [5.41, 5.74) is -1.13. The Morgan fingerprint density at radius 3 is 2.57 bits per heavy atom. The summed E-state index contributed by atoms with van der Waals surface area (Å²) in [5.74, 6) is -0.814. The summed E-state index contributed by atoms with van der Waals surface area (Å²) in [6.07, 6.45) is 0. The summed E-state index contributed by atoms with van der Waals surface area (Å²) < 4.78 is 38.8. The first-order valence-electron chi connectivity index (χ1n) is 5.61. The summed E-state index contributed by atoms with van der Waals surface area (Å²) in [4.78, 5) is 9.64. The number of hydrogen-bond donors (Lipinski definition) is 1. The number of rotatable bonds is 1. The molecule has 108 valence electrons. The first-order valence-corrected chi connectivity index (χ1v) is 7.47. The normalized spacial score (nSPS) is 14.8. The second-order valence-electron chi connectivity index (χ2n) is 4.30. The van der Waals surface area contributed by atoms with Gasteiger partial charge in [-0.1, -0.05) is 17.7 Å². The van der Waals surface area contributed by atoms with E-state index in [9.17, 15) is 22.9 Å². The van der Waals surface area contributed by atoms with Crippen molar-refractivity contribution in [2.75, 3.05) is 5.32 Å². The molecule has 0 aromatic heterocycles. The van der Waals surface area contributed by atoms with Crippen LogP contribution >= 0.6 is 11.6 Å². The zero-order valence-corrected chi connectivity index (χ0v) is 11.7. The SMILES string of the molecule is O=[N+]([O-])c1cc(Cl)cc2c1Nc1c(F)cccc1S2(=O)=O. The molecule has 0 amide bonds. The lowest BCUT2D eigenvalue weighted by atomic mass is 10.2. The molecule has 9 heteroatoms. The van der Waals surface area contributed by atoms with Crippen LogP contribution in [0.2, 0.25) is 5.02 Å². The number of nitrogens with zero attached hydrogens (tertiary/aromatic N) is 1. The van der Waals surface area contributed by atoms with Gasteiger partial charge >= 0.3 is 0 Å². The van der Waals surface area contributed by atoms with Gasteiger partial charge < -0.3 is 5.32 Å². The minimum atomic E-state index is -4.09. The van der Waals surface area contributed by atoms with Crippen LogP contribution in [0.15, 0.2) is 40.1 Å². The fourth-order valence-corrected chi connectivity index (χ4v) is 4.04. The van der Waals surface area contributed by atoms with Crippen LogP contribution in [0.3, 0.4) is 0 Å². The van der Waals surface area contributed by atoms with E-state index in [2.05, 4.69) is 5.32 Å². The Morgan fingerprint density at radius 1 is 1.19 bits per heavy atom. The molecule has 6 nitrogen and oxygen atoms in total. The van der Waals surface area contributed by atoms with Crippen molar-refractivity contribution >= 4 is 38.5 Å². The van der Waals surface area contributed by atoms with Gasteiger partial charge in [0.1, 0.15) is 16.4 Å². The van der Waals surface area contributed by atoms with Crippen molar-refractivity contribution in [1.29, 1.82) is 0 Å². The highest BCUT2D eigenvalue weighted by molar-refractivity contribution is 7.92. The number of fused-ring (bicyclic) bond motifs is 2. The first kappa shape index (κ1) is 13.8. The van der Waals surface area contributed by atoms with E-state index in [1.54, 1.807) is 0 Å². The highest BCUT2D eigenvalue weighted by atomic mass is 35.5. The Bertz CT molecular complexity index is 898. The van der Waals surface area contributed by atoms with Crippen molar-refractivity contribution in [3.05, 3.63) is 51.3 Å². The quantitative estimate of drug-likeness (QED) is 0.547. The van der Waals surface area contributed by atoms with Gasteiger partial charge in [-0.25, -0.2) is 12.8 Å². The maximum Gasteiger partial charge on any atom is 0.295 e. The molecule has 1 heterocycles. The van der Waals surface area contributed by atoms with E-state index in [0.29, 0.717) is 0 Å². The third kappa shape index (κ3) is 1.95. The molecule has 3 rings (SSSR count). The Balaban J connectivity index is 2.42. The molecule has 1 N–H and O–H groups in total. The maximum absolute atomic E-state index is 13.8. The molecule has 0 radical (unpaired) electrons. The van der Waals surface area contributed by atoms with Gasteiger partial charge in [0, 0.05) is 11.1 Å². The fourth-order valence-electron chi connectivity index (χ4n) is 2.14. The number of hydrogen-bond acceptors (Lipinski definition) is 5. The van der Waals surface area contributed by atoms with Gasteiger partial charge in [-0.05, 0) is 18.2 Å². The zero-order valence-electron chi connectivity index (χ0n) is 10.1. The van der Waals surface area contributed by atoms with Gasteiger partial charge in [0.15, 0.2) is 0 Å². The third-order valence-corrected chi connectivity index (χ3v) is 5.09. The predicted molar refractivity (Wildman–Crippen MR) is 73.2 cm³/mol. The van der Waals surface area contributed by atoms with Gasteiger partial charge in [0.05, 0.1) is 15.5 Å². The van der Waals surface area contributed by atoms with Crippen LogP contribution in [0.5, 0.6) is 0 Å². The van der Waals surface area contributed by atoms with Gasteiger partial charge in [-0.15, -0.1) is 0 Å². The fraction of sp³-hybridized carbons (Fsp3) is 0. The Labute approximate surface area is 123 Å². The summed E-state index contributed by atoms with van der Waals surface area (Å²) in [5, 5.41) is 13.4. The standard InChI is InChI=1S/C12H6ClFN2O4S/c13-6-4-8(16(17)18)12-10(5-6)21(19,20)9-3-1-2-7(14)11(9)15-12/h1-5,15H.